The van der Waals surface area contributed by atoms with Gasteiger partial charge in [0, 0.05) is 12.0 Å². The van der Waals surface area contributed by atoms with Gasteiger partial charge in [-0.15, -0.1) is 12.4 Å². The summed E-state index contributed by atoms with van der Waals surface area (Å²) in [7, 11) is 0. The van der Waals surface area contributed by atoms with Crippen LogP contribution in [0.15, 0.2) is 24.3 Å². The van der Waals surface area contributed by atoms with Gasteiger partial charge in [0.05, 0.1) is 6.54 Å². The fourth-order valence-electron chi connectivity index (χ4n) is 2.20. The molecule has 0 aliphatic heterocycles. The zero-order chi connectivity index (χ0) is 11.6. The monoisotopic (exact) mass is 254 g/mol. The van der Waals surface area contributed by atoms with Gasteiger partial charge in [-0.1, -0.05) is 24.3 Å². The van der Waals surface area contributed by atoms with Crippen LogP contribution in [0.1, 0.15) is 24.0 Å². The van der Waals surface area contributed by atoms with E-state index in [1.165, 1.54) is 11.1 Å². The van der Waals surface area contributed by atoms with Gasteiger partial charge >= 0.3 is 0 Å². The summed E-state index contributed by atoms with van der Waals surface area (Å²) in [5.41, 5.74) is 8.13. The molecule has 4 heteroatoms. The third kappa shape index (κ3) is 2.99. The van der Waals surface area contributed by atoms with Crippen molar-refractivity contribution in [2.75, 3.05) is 13.1 Å². The molecule has 1 amide bonds. The number of carbonyl (C=O) groups is 1. The lowest BCUT2D eigenvalue weighted by Crippen LogP contribution is -2.36. The molecule has 2 rings (SSSR count). The van der Waals surface area contributed by atoms with Crippen molar-refractivity contribution in [3.63, 3.8) is 0 Å². The first-order chi connectivity index (χ1) is 7.68. The predicted octanol–water partition coefficient (Wildman–Crippen LogP) is 1.52. The van der Waals surface area contributed by atoms with E-state index < -0.39 is 0 Å². The average Bonchev–Trinajstić information content (AvgIpc) is 3.07. The van der Waals surface area contributed by atoms with Crippen molar-refractivity contribution in [1.82, 2.24) is 5.32 Å². The first-order valence-electron chi connectivity index (χ1n) is 5.71. The molecule has 1 aliphatic carbocycles. The zero-order valence-electron chi connectivity index (χ0n) is 10.0. The summed E-state index contributed by atoms with van der Waals surface area (Å²) in [6, 6.07) is 8.40. The Labute approximate surface area is 108 Å². The Bertz CT molecular complexity index is 402. The van der Waals surface area contributed by atoms with Crippen molar-refractivity contribution in [2.45, 2.75) is 25.2 Å². The lowest BCUT2D eigenvalue weighted by atomic mass is 9.92. The van der Waals surface area contributed by atoms with Crippen molar-refractivity contribution < 1.29 is 4.79 Å². The topological polar surface area (TPSA) is 55.1 Å². The zero-order valence-corrected chi connectivity index (χ0v) is 10.8. The Hall–Kier alpha value is -1.06. The van der Waals surface area contributed by atoms with E-state index in [2.05, 4.69) is 30.4 Å². The largest absolute Gasteiger partial charge is 0.354 e. The molecule has 0 aromatic heterocycles. The van der Waals surface area contributed by atoms with Crippen LogP contribution in [-0.2, 0) is 10.2 Å². The van der Waals surface area contributed by atoms with Crippen LogP contribution in [0.3, 0.4) is 0 Å². The number of carbonyl (C=O) groups excluding carboxylic acids is 1. The third-order valence-corrected chi connectivity index (χ3v) is 3.38. The minimum absolute atomic E-state index is 0. The maximum absolute atomic E-state index is 11.2. The van der Waals surface area contributed by atoms with Crippen LogP contribution in [0.2, 0.25) is 0 Å². The Morgan fingerprint density at radius 3 is 2.59 bits per heavy atom. The molecular weight excluding hydrogens is 236 g/mol. The summed E-state index contributed by atoms with van der Waals surface area (Å²) in [5.74, 6) is -0.0696. The van der Waals surface area contributed by atoms with E-state index in [-0.39, 0.29) is 30.3 Å². The van der Waals surface area contributed by atoms with Gasteiger partial charge in [-0.2, -0.15) is 0 Å². The van der Waals surface area contributed by atoms with Gasteiger partial charge in [-0.05, 0) is 30.9 Å². The van der Waals surface area contributed by atoms with Crippen molar-refractivity contribution >= 4 is 18.3 Å². The van der Waals surface area contributed by atoms with Crippen LogP contribution < -0.4 is 11.1 Å². The summed E-state index contributed by atoms with van der Waals surface area (Å²) in [6.07, 6.45) is 2.31. The number of nitrogens with two attached hydrogens (primary N) is 1. The lowest BCUT2D eigenvalue weighted by Gasteiger charge is -2.18. The Morgan fingerprint density at radius 1 is 1.41 bits per heavy atom. The molecule has 1 fully saturated rings. The summed E-state index contributed by atoms with van der Waals surface area (Å²) >= 11 is 0. The summed E-state index contributed by atoms with van der Waals surface area (Å²) in [4.78, 5) is 11.2. The van der Waals surface area contributed by atoms with E-state index in [1.54, 1.807) is 0 Å². The SMILES string of the molecule is Cc1ccccc1C1(CNC(=O)CN)CC1.Cl. The van der Waals surface area contributed by atoms with Gasteiger partial charge in [0.1, 0.15) is 0 Å². The number of hydrogen-bond donors (Lipinski definition) is 2. The molecule has 0 spiro atoms. The molecule has 0 bridgehead atoms. The molecule has 0 atom stereocenters. The number of hydrogen-bond acceptors (Lipinski definition) is 2. The number of aryl methyl sites for hydroxylation is 1. The molecule has 1 aromatic rings. The van der Waals surface area contributed by atoms with E-state index in [0.29, 0.717) is 6.54 Å². The molecule has 1 aliphatic rings. The summed E-state index contributed by atoms with van der Waals surface area (Å²) < 4.78 is 0. The molecular formula is C13H19ClN2O. The highest BCUT2D eigenvalue weighted by Crippen LogP contribution is 2.48. The average molecular weight is 255 g/mol. The first kappa shape index (κ1) is 14.0. The molecule has 3 N–H and O–H groups in total. The van der Waals surface area contributed by atoms with Crippen LogP contribution >= 0.6 is 12.4 Å². The van der Waals surface area contributed by atoms with Gasteiger partial charge in [0.15, 0.2) is 0 Å². The highest BCUT2D eigenvalue weighted by atomic mass is 35.5. The van der Waals surface area contributed by atoms with Gasteiger partial charge in [0.25, 0.3) is 0 Å². The standard InChI is InChI=1S/C13H18N2O.ClH/c1-10-4-2-3-5-11(10)13(6-7-13)9-15-12(16)8-14;/h2-5H,6-9,14H2,1H3,(H,15,16);1H. The second-order valence-corrected chi connectivity index (χ2v) is 4.58. The quantitative estimate of drug-likeness (QED) is 0.856. The van der Waals surface area contributed by atoms with Gasteiger partial charge < -0.3 is 11.1 Å². The van der Waals surface area contributed by atoms with E-state index in [1.807, 2.05) is 6.07 Å². The molecule has 0 heterocycles. The van der Waals surface area contributed by atoms with E-state index in [4.69, 9.17) is 5.73 Å². The van der Waals surface area contributed by atoms with E-state index in [0.717, 1.165) is 12.8 Å². The normalized spacial score (nSPS) is 15.9. The van der Waals surface area contributed by atoms with Crippen LogP contribution in [-0.4, -0.2) is 19.0 Å². The number of halogens is 1. The maximum Gasteiger partial charge on any atom is 0.233 e. The summed E-state index contributed by atoms with van der Waals surface area (Å²) in [6.45, 7) is 2.91. The fourth-order valence-corrected chi connectivity index (χ4v) is 2.20. The number of benzene rings is 1. The predicted molar refractivity (Wildman–Crippen MR) is 71.4 cm³/mol. The molecule has 1 aromatic carbocycles. The fraction of sp³-hybridized carbons (Fsp3) is 0.462. The van der Waals surface area contributed by atoms with Crippen LogP contribution in [0.4, 0.5) is 0 Å². The van der Waals surface area contributed by atoms with Crippen LogP contribution in [0, 0.1) is 6.92 Å². The van der Waals surface area contributed by atoms with E-state index >= 15 is 0 Å². The Kier molecular flexibility index (Phi) is 4.54. The highest BCUT2D eigenvalue weighted by molar-refractivity contribution is 5.85. The maximum atomic E-state index is 11.2. The number of rotatable bonds is 4. The molecule has 94 valence electrons. The molecule has 0 saturated heterocycles. The van der Waals surface area contributed by atoms with Crippen molar-refractivity contribution in [1.29, 1.82) is 0 Å². The van der Waals surface area contributed by atoms with Gasteiger partial charge in [-0.25, -0.2) is 0 Å². The minimum Gasteiger partial charge on any atom is -0.354 e. The first-order valence-corrected chi connectivity index (χ1v) is 5.71. The second-order valence-electron chi connectivity index (χ2n) is 4.58. The number of amides is 1. The highest BCUT2D eigenvalue weighted by Gasteiger charge is 2.44. The molecule has 0 unspecified atom stereocenters. The van der Waals surface area contributed by atoms with Gasteiger partial charge in [0.2, 0.25) is 5.91 Å². The molecule has 1 saturated carbocycles. The number of nitrogens with one attached hydrogen (secondary N) is 1. The minimum atomic E-state index is -0.0696. The Morgan fingerprint density at radius 2 is 2.06 bits per heavy atom. The smallest absolute Gasteiger partial charge is 0.233 e. The summed E-state index contributed by atoms with van der Waals surface area (Å²) in [5, 5.41) is 2.90. The van der Waals surface area contributed by atoms with Crippen LogP contribution in [0.5, 0.6) is 0 Å². The Balaban J connectivity index is 0.00000144. The van der Waals surface area contributed by atoms with Crippen molar-refractivity contribution in [3.05, 3.63) is 35.4 Å². The lowest BCUT2D eigenvalue weighted by molar-refractivity contribution is -0.119. The molecule has 17 heavy (non-hydrogen) atoms. The third-order valence-electron chi connectivity index (χ3n) is 3.38. The van der Waals surface area contributed by atoms with Gasteiger partial charge in [-0.3, -0.25) is 4.79 Å². The van der Waals surface area contributed by atoms with E-state index in [9.17, 15) is 4.79 Å². The van der Waals surface area contributed by atoms with Crippen molar-refractivity contribution in [2.24, 2.45) is 5.73 Å². The van der Waals surface area contributed by atoms with Crippen molar-refractivity contribution in [3.8, 4) is 0 Å². The molecule has 0 radical (unpaired) electrons. The molecule has 3 nitrogen and oxygen atoms in total. The second kappa shape index (κ2) is 5.52. The van der Waals surface area contributed by atoms with Crippen LogP contribution in [0.25, 0.3) is 0 Å².